The van der Waals surface area contributed by atoms with Crippen molar-refractivity contribution in [3.05, 3.63) is 84.3 Å². The highest BCUT2D eigenvalue weighted by Crippen LogP contribution is 2.36. The van der Waals surface area contributed by atoms with Crippen molar-refractivity contribution in [2.45, 2.75) is 32.4 Å². The molecule has 4 aromatic rings. The zero-order valence-electron chi connectivity index (χ0n) is 19.6. The number of fused-ring (bicyclic) bond motifs is 1. The lowest BCUT2D eigenvalue weighted by atomic mass is 9.96. The Kier molecular flexibility index (Phi) is 6.47. The Labute approximate surface area is 194 Å². The lowest BCUT2D eigenvalue weighted by molar-refractivity contribution is 0.355. The molecular weight excluding hydrogens is 414 g/mol. The number of rotatable bonds is 7. The second-order valence-electron chi connectivity index (χ2n) is 8.79. The Morgan fingerprint density at radius 1 is 0.788 bits per heavy atom. The van der Waals surface area contributed by atoms with Crippen LogP contribution < -0.4 is 19.5 Å². The molecule has 1 atom stereocenters. The molecule has 1 heterocycles. The van der Waals surface area contributed by atoms with E-state index < -0.39 is 0 Å². The predicted molar refractivity (Wildman–Crippen MR) is 130 cm³/mol. The molecule has 0 unspecified atom stereocenters. The van der Waals surface area contributed by atoms with Crippen LogP contribution in [0, 0.1) is 0 Å². The fraction of sp³-hybridized carbons (Fsp3) is 0.259. The molecular formula is C27H29N3O3. The van der Waals surface area contributed by atoms with Crippen LogP contribution in [0.5, 0.6) is 23.0 Å². The molecule has 170 valence electrons. The van der Waals surface area contributed by atoms with Crippen LogP contribution in [0.15, 0.2) is 73.1 Å². The minimum atomic E-state index is -0.167. The van der Waals surface area contributed by atoms with Gasteiger partial charge in [0.05, 0.1) is 31.5 Å². The van der Waals surface area contributed by atoms with Crippen LogP contribution in [0.1, 0.15) is 38.1 Å². The number of aromatic nitrogens is 2. The van der Waals surface area contributed by atoms with Gasteiger partial charge in [-0.3, -0.25) is 0 Å². The predicted octanol–water partition coefficient (Wildman–Crippen LogP) is 5.92. The van der Waals surface area contributed by atoms with Gasteiger partial charge in [0.15, 0.2) is 11.5 Å². The van der Waals surface area contributed by atoms with Crippen LogP contribution in [0.3, 0.4) is 0 Å². The van der Waals surface area contributed by atoms with Gasteiger partial charge in [0.1, 0.15) is 17.8 Å². The summed E-state index contributed by atoms with van der Waals surface area (Å²) >= 11 is 0. The normalized spacial score (nSPS) is 12.4. The van der Waals surface area contributed by atoms with E-state index in [4.69, 9.17) is 14.2 Å². The maximum Gasteiger partial charge on any atom is 0.162 e. The van der Waals surface area contributed by atoms with Crippen molar-refractivity contribution in [1.29, 1.82) is 0 Å². The largest absolute Gasteiger partial charge is 0.493 e. The van der Waals surface area contributed by atoms with E-state index in [0.29, 0.717) is 11.5 Å². The molecule has 0 aliphatic heterocycles. The smallest absolute Gasteiger partial charge is 0.162 e. The van der Waals surface area contributed by atoms with E-state index in [-0.39, 0.29) is 11.6 Å². The van der Waals surface area contributed by atoms with Crippen molar-refractivity contribution >= 4 is 10.9 Å². The van der Waals surface area contributed by atoms with Gasteiger partial charge in [0, 0.05) is 17.0 Å². The molecule has 0 amide bonds. The molecule has 1 N–H and O–H groups in total. The van der Waals surface area contributed by atoms with Crippen LogP contribution in [0.4, 0.5) is 0 Å². The van der Waals surface area contributed by atoms with Crippen molar-refractivity contribution in [2.24, 2.45) is 0 Å². The lowest BCUT2D eigenvalue weighted by Crippen LogP contribution is -2.39. The zero-order chi connectivity index (χ0) is 23.4. The molecule has 4 rings (SSSR count). The molecule has 3 aromatic carbocycles. The van der Waals surface area contributed by atoms with Gasteiger partial charge in [-0.05, 0) is 56.7 Å². The number of ether oxygens (including phenoxy) is 3. The molecule has 6 heteroatoms. The number of methoxy groups -OCH3 is 2. The third kappa shape index (κ3) is 5.23. The van der Waals surface area contributed by atoms with Crippen LogP contribution in [0.2, 0.25) is 0 Å². The number of nitrogens with zero attached hydrogens (tertiary/aromatic N) is 2. The van der Waals surface area contributed by atoms with E-state index in [1.165, 1.54) is 0 Å². The van der Waals surface area contributed by atoms with Gasteiger partial charge in [-0.25, -0.2) is 9.97 Å². The van der Waals surface area contributed by atoms with Crippen LogP contribution in [-0.4, -0.2) is 29.7 Å². The average molecular weight is 444 g/mol. The highest BCUT2D eigenvalue weighted by atomic mass is 16.5. The number of benzene rings is 3. The summed E-state index contributed by atoms with van der Waals surface area (Å²) in [4.78, 5) is 9.15. The van der Waals surface area contributed by atoms with E-state index in [2.05, 4.69) is 48.2 Å². The molecule has 1 aromatic heterocycles. The van der Waals surface area contributed by atoms with E-state index in [1.807, 2.05) is 54.6 Å². The van der Waals surface area contributed by atoms with Crippen LogP contribution in [-0.2, 0) is 0 Å². The number of nitrogens with one attached hydrogen (secondary N) is 1. The summed E-state index contributed by atoms with van der Waals surface area (Å²) < 4.78 is 17.0. The van der Waals surface area contributed by atoms with Gasteiger partial charge in [-0.1, -0.05) is 30.3 Å². The standard InChI is InChI=1S/C27H29N3O3/c1-27(2,3)30-25(18-11-13-20(14-12-18)33-19-9-7-6-8-10-19)26-21-15-23(31-4)24(32-5)16-22(21)28-17-29-26/h6-17,25,30H,1-5H3/t25-/m1/s1. The first-order valence-electron chi connectivity index (χ1n) is 10.8. The molecule has 0 spiro atoms. The Hall–Kier alpha value is -3.64. The molecule has 6 nitrogen and oxygen atoms in total. The number of hydrogen-bond acceptors (Lipinski definition) is 6. The van der Waals surface area contributed by atoms with Crippen molar-refractivity contribution in [3.8, 4) is 23.0 Å². The third-order valence-electron chi connectivity index (χ3n) is 5.21. The van der Waals surface area contributed by atoms with E-state index in [9.17, 15) is 0 Å². The van der Waals surface area contributed by atoms with Gasteiger partial charge >= 0.3 is 0 Å². The summed E-state index contributed by atoms with van der Waals surface area (Å²) in [6.07, 6.45) is 1.59. The minimum Gasteiger partial charge on any atom is -0.493 e. The molecule has 0 radical (unpaired) electrons. The topological polar surface area (TPSA) is 65.5 Å². The molecule has 0 aliphatic carbocycles. The van der Waals surface area contributed by atoms with Crippen LogP contribution in [0.25, 0.3) is 10.9 Å². The first-order chi connectivity index (χ1) is 15.9. The van der Waals surface area contributed by atoms with Gasteiger partial charge in [-0.15, -0.1) is 0 Å². The summed E-state index contributed by atoms with van der Waals surface area (Å²) in [7, 11) is 3.25. The van der Waals surface area contributed by atoms with Gasteiger partial charge in [0.2, 0.25) is 0 Å². The first-order valence-corrected chi connectivity index (χ1v) is 10.8. The third-order valence-corrected chi connectivity index (χ3v) is 5.21. The zero-order valence-corrected chi connectivity index (χ0v) is 19.6. The Morgan fingerprint density at radius 2 is 1.42 bits per heavy atom. The Balaban J connectivity index is 1.76. The lowest BCUT2D eigenvalue weighted by Gasteiger charge is -2.29. The summed E-state index contributed by atoms with van der Waals surface area (Å²) in [6.45, 7) is 6.42. The maximum atomic E-state index is 5.97. The fourth-order valence-corrected chi connectivity index (χ4v) is 3.73. The summed E-state index contributed by atoms with van der Waals surface area (Å²) in [5.41, 5.74) is 2.58. The van der Waals surface area contributed by atoms with Crippen molar-refractivity contribution in [3.63, 3.8) is 0 Å². The van der Waals surface area contributed by atoms with Gasteiger partial charge in [-0.2, -0.15) is 0 Å². The Morgan fingerprint density at radius 3 is 2.06 bits per heavy atom. The van der Waals surface area contributed by atoms with Crippen molar-refractivity contribution in [2.75, 3.05) is 14.2 Å². The molecule has 0 saturated carbocycles. The molecule has 0 aliphatic rings. The number of hydrogen-bond donors (Lipinski definition) is 1. The van der Waals surface area contributed by atoms with E-state index in [1.54, 1.807) is 20.5 Å². The molecule has 0 saturated heterocycles. The van der Waals surface area contributed by atoms with E-state index >= 15 is 0 Å². The molecule has 0 bridgehead atoms. The van der Waals surface area contributed by atoms with Crippen molar-refractivity contribution < 1.29 is 14.2 Å². The van der Waals surface area contributed by atoms with Crippen LogP contribution >= 0.6 is 0 Å². The highest BCUT2D eigenvalue weighted by Gasteiger charge is 2.25. The Bertz CT molecular complexity index is 1220. The maximum absolute atomic E-state index is 5.97. The second-order valence-corrected chi connectivity index (χ2v) is 8.79. The minimum absolute atomic E-state index is 0.155. The van der Waals surface area contributed by atoms with E-state index in [0.717, 1.165) is 33.7 Å². The van der Waals surface area contributed by atoms with Crippen molar-refractivity contribution in [1.82, 2.24) is 15.3 Å². The monoisotopic (exact) mass is 443 g/mol. The highest BCUT2D eigenvalue weighted by molar-refractivity contribution is 5.85. The summed E-state index contributed by atoms with van der Waals surface area (Å²) in [5, 5.41) is 4.62. The SMILES string of the molecule is COc1cc2ncnc([C@H](NC(C)(C)C)c3ccc(Oc4ccccc4)cc3)c2cc1OC. The summed E-state index contributed by atoms with van der Waals surface area (Å²) in [6, 6.07) is 21.5. The quantitative estimate of drug-likeness (QED) is 0.383. The molecule has 0 fully saturated rings. The number of para-hydroxylation sites is 1. The van der Waals surface area contributed by atoms with Gasteiger partial charge in [0.25, 0.3) is 0 Å². The van der Waals surface area contributed by atoms with Gasteiger partial charge < -0.3 is 19.5 Å². The second kappa shape index (κ2) is 9.46. The summed E-state index contributed by atoms with van der Waals surface area (Å²) in [5.74, 6) is 2.86. The fourth-order valence-electron chi connectivity index (χ4n) is 3.73. The first kappa shape index (κ1) is 22.6. The molecule has 33 heavy (non-hydrogen) atoms. The average Bonchev–Trinajstić information content (AvgIpc) is 2.82.